The third-order valence-corrected chi connectivity index (χ3v) is 5.16. The van der Waals surface area contributed by atoms with E-state index in [-0.39, 0.29) is 5.91 Å². The molecule has 31 heavy (non-hydrogen) atoms. The van der Waals surface area contributed by atoms with Crippen molar-refractivity contribution in [3.05, 3.63) is 77.5 Å². The Kier molecular flexibility index (Phi) is 5.58. The van der Waals surface area contributed by atoms with Crippen molar-refractivity contribution in [3.8, 4) is 6.07 Å². The van der Waals surface area contributed by atoms with E-state index in [4.69, 9.17) is 5.26 Å². The third-order valence-electron chi connectivity index (χ3n) is 5.16. The predicted molar refractivity (Wildman–Crippen MR) is 112 cm³/mol. The van der Waals surface area contributed by atoms with Gasteiger partial charge in [-0.3, -0.25) is 9.48 Å². The van der Waals surface area contributed by atoms with Crippen molar-refractivity contribution in [2.45, 2.75) is 31.8 Å². The summed E-state index contributed by atoms with van der Waals surface area (Å²) in [5.74, 6) is -1.75. The largest absolute Gasteiger partial charge is 0.272 e. The molecule has 0 saturated heterocycles. The van der Waals surface area contributed by atoms with Crippen LogP contribution >= 0.6 is 0 Å². The molecule has 1 aliphatic rings. The number of carbonyl (C=O) groups is 1. The quantitative estimate of drug-likeness (QED) is 0.553. The summed E-state index contributed by atoms with van der Waals surface area (Å²) < 4.78 is 29.0. The number of carbonyl (C=O) groups excluding carboxylic acids is 1. The van der Waals surface area contributed by atoms with Crippen LogP contribution in [0.25, 0.3) is 10.9 Å². The minimum atomic E-state index is -0.693. The first-order valence-electron chi connectivity index (χ1n) is 9.81. The topological polar surface area (TPSA) is 74.3 Å². The zero-order valence-corrected chi connectivity index (χ0v) is 16.6. The molecule has 2 heterocycles. The van der Waals surface area contributed by atoms with Crippen LogP contribution in [0, 0.1) is 23.0 Å². The molecule has 6 nitrogen and oxygen atoms in total. The number of aryl methyl sites for hydroxylation is 1. The summed E-state index contributed by atoms with van der Waals surface area (Å²) in [4.78, 5) is 12.8. The second-order valence-corrected chi connectivity index (χ2v) is 7.39. The average Bonchev–Trinajstić information content (AvgIpc) is 3.38. The van der Waals surface area contributed by atoms with Crippen LogP contribution in [0.2, 0.25) is 0 Å². The summed E-state index contributed by atoms with van der Waals surface area (Å²) >= 11 is 0. The maximum atomic E-state index is 13.6. The van der Waals surface area contributed by atoms with Gasteiger partial charge in [0.05, 0.1) is 23.2 Å². The Hall–Kier alpha value is -3.86. The van der Waals surface area contributed by atoms with Crippen molar-refractivity contribution in [1.29, 1.82) is 5.26 Å². The van der Waals surface area contributed by atoms with Crippen LogP contribution in [0.3, 0.4) is 0 Å². The lowest BCUT2D eigenvalue weighted by molar-refractivity contribution is -0.129. The van der Waals surface area contributed by atoms with Gasteiger partial charge in [0, 0.05) is 42.4 Å². The van der Waals surface area contributed by atoms with E-state index in [1.165, 1.54) is 17.1 Å². The van der Waals surface area contributed by atoms with Gasteiger partial charge in [-0.1, -0.05) is 6.58 Å². The lowest BCUT2D eigenvalue weighted by Crippen LogP contribution is -2.28. The van der Waals surface area contributed by atoms with Gasteiger partial charge in [-0.25, -0.2) is 13.8 Å². The SMILES string of the molecule is C=C(CCCn1cc2ccc(C#N)cc2n1)C(=O)N1N=CCC1c1cc(F)cc(F)c1. The zero-order chi connectivity index (χ0) is 22.0. The summed E-state index contributed by atoms with van der Waals surface area (Å²) in [5, 5.41) is 19.7. The smallest absolute Gasteiger partial charge is 0.269 e. The monoisotopic (exact) mass is 419 g/mol. The van der Waals surface area contributed by atoms with Crippen LogP contribution in [0.5, 0.6) is 0 Å². The molecular formula is C23H19F2N5O. The van der Waals surface area contributed by atoms with Gasteiger partial charge in [0.2, 0.25) is 0 Å². The number of benzene rings is 2. The number of nitriles is 1. The molecule has 0 radical (unpaired) electrons. The number of amides is 1. The summed E-state index contributed by atoms with van der Waals surface area (Å²) in [7, 11) is 0. The minimum absolute atomic E-state index is 0.358. The van der Waals surface area contributed by atoms with Crippen molar-refractivity contribution in [2.75, 3.05) is 0 Å². The van der Waals surface area contributed by atoms with E-state index in [0.29, 0.717) is 42.5 Å². The minimum Gasteiger partial charge on any atom is -0.272 e. The van der Waals surface area contributed by atoms with E-state index in [0.717, 1.165) is 17.0 Å². The molecule has 0 fully saturated rings. The average molecular weight is 419 g/mol. The number of rotatable bonds is 6. The highest BCUT2D eigenvalue weighted by Crippen LogP contribution is 2.30. The molecule has 1 aromatic heterocycles. The highest BCUT2D eigenvalue weighted by atomic mass is 19.1. The Morgan fingerprint density at radius 1 is 1.23 bits per heavy atom. The molecule has 4 rings (SSSR count). The molecule has 3 aromatic rings. The van der Waals surface area contributed by atoms with Gasteiger partial charge in [-0.05, 0) is 48.7 Å². The number of hydrogen-bond acceptors (Lipinski definition) is 4. The summed E-state index contributed by atoms with van der Waals surface area (Å²) in [6, 6.07) is 10.1. The molecule has 8 heteroatoms. The number of aromatic nitrogens is 2. The van der Waals surface area contributed by atoms with Crippen LogP contribution in [-0.4, -0.2) is 26.9 Å². The lowest BCUT2D eigenvalue weighted by atomic mass is 10.0. The van der Waals surface area contributed by atoms with Crippen molar-refractivity contribution >= 4 is 23.0 Å². The Labute approximate surface area is 177 Å². The summed E-state index contributed by atoms with van der Waals surface area (Å²) in [6.45, 7) is 4.45. The van der Waals surface area contributed by atoms with Crippen molar-refractivity contribution in [2.24, 2.45) is 5.10 Å². The number of fused-ring (bicyclic) bond motifs is 1. The predicted octanol–water partition coefficient (Wildman–Crippen LogP) is 4.48. The van der Waals surface area contributed by atoms with E-state index in [2.05, 4.69) is 22.8 Å². The van der Waals surface area contributed by atoms with Gasteiger partial charge in [0.15, 0.2) is 0 Å². The van der Waals surface area contributed by atoms with E-state index in [1.54, 1.807) is 23.0 Å². The normalized spacial score (nSPS) is 15.4. The van der Waals surface area contributed by atoms with Crippen LogP contribution in [0.4, 0.5) is 8.78 Å². The first-order valence-corrected chi connectivity index (χ1v) is 9.81. The van der Waals surface area contributed by atoms with E-state index in [9.17, 15) is 13.6 Å². The molecular weight excluding hydrogens is 400 g/mol. The highest BCUT2D eigenvalue weighted by Gasteiger charge is 2.30. The Morgan fingerprint density at radius 2 is 2.00 bits per heavy atom. The first-order chi connectivity index (χ1) is 14.9. The molecule has 0 spiro atoms. The van der Waals surface area contributed by atoms with Gasteiger partial charge < -0.3 is 0 Å². The van der Waals surface area contributed by atoms with E-state index >= 15 is 0 Å². The fraction of sp³-hybridized carbons (Fsp3) is 0.217. The number of hydrogen-bond donors (Lipinski definition) is 0. The highest BCUT2D eigenvalue weighted by molar-refractivity contribution is 5.94. The Morgan fingerprint density at radius 3 is 2.74 bits per heavy atom. The Balaban J connectivity index is 1.37. The fourth-order valence-corrected chi connectivity index (χ4v) is 3.63. The molecule has 1 amide bonds. The van der Waals surface area contributed by atoms with Gasteiger partial charge in [0.1, 0.15) is 11.6 Å². The number of nitrogens with zero attached hydrogens (tertiary/aromatic N) is 5. The number of halogens is 2. The van der Waals surface area contributed by atoms with Crippen LogP contribution < -0.4 is 0 Å². The van der Waals surface area contributed by atoms with Crippen LogP contribution in [0.1, 0.15) is 36.4 Å². The Bertz CT molecular complexity index is 1220. The molecule has 1 unspecified atom stereocenters. The first kappa shape index (κ1) is 20.4. The van der Waals surface area contributed by atoms with Gasteiger partial charge in [-0.15, -0.1) is 0 Å². The number of hydrazone groups is 1. The maximum absolute atomic E-state index is 13.6. The summed E-state index contributed by atoms with van der Waals surface area (Å²) in [6.07, 6.45) is 4.88. The van der Waals surface area contributed by atoms with Crippen LogP contribution in [-0.2, 0) is 11.3 Å². The van der Waals surface area contributed by atoms with Gasteiger partial charge in [-0.2, -0.15) is 15.5 Å². The molecule has 0 aliphatic carbocycles. The van der Waals surface area contributed by atoms with Gasteiger partial charge >= 0.3 is 0 Å². The second-order valence-electron chi connectivity index (χ2n) is 7.39. The van der Waals surface area contributed by atoms with E-state index < -0.39 is 17.7 Å². The molecule has 0 N–H and O–H groups in total. The third kappa shape index (κ3) is 4.36. The van der Waals surface area contributed by atoms with Crippen molar-refractivity contribution in [3.63, 3.8) is 0 Å². The molecule has 1 aliphatic heterocycles. The second kappa shape index (κ2) is 8.48. The fourth-order valence-electron chi connectivity index (χ4n) is 3.63. The molecule has 0 bridgehead atoms. The summed E-state index contributed by atoms with van der Waals surface area (Å²) in [5.41, 5.74) is 2.02. The van der Waals surface area contributed by atoms with E-state index in [1.807, 2.05) is 12.3 Å². The van der Waals surface area contributed by atoms with Crippen molar-refractivity contribution in [1.82, 2.24) is 14.8 Å². The van der Waals surface area contributed by atoms with Gasteiger partial charge in [0.25, 0.3) is 5.91 Å². The zero-order valence-electron chi connectivity index (χ0n) is 16.6. The van der Waals surface area contributed by atoms with Crippen LogP contribution in [0.15, 0.2) is 59.8 Å². The molecule has 1 atom stereocenters. The molecule has 156 valence electrons. The maximum Gasteiger partial charge on any atom is 0.269 e. The molecule has 2 aromatic carbocycles. The lowest BCUT2D eigenvalue weighted by Gasteiger charge is -2.23. The standard InChI is InChI=1S/C23H19F2N5O/c1-15(3-2-8-29-14-17-5-4-16(13-26)9-21(17)28-29)23(31)30-22(6-7-27-30)18-10-19(24)12-20(25)11-18/h4-5,7,9-12,14,22H,1-3,6,8H2. The molecule has 0 saturated carbocycles. The van der Waals surface area contributed by atoms with Crippen molar-refractivity contribution < 1.29 is 13.6 Å².